The maximum atomic E-state index is 5.50. The van der Waals surface area contributed by atoms with Gasteiger partial charge in [-0.1, -0.05) is 13.8 Å². The van der Waals surface area contributed by atoms with Crippen LogP contribution in [0.1, 0.15) is 38.1 Å². The summed E-state index contributed by atoms with van der Waals surface area (Å²) in [5.41, 5.74) is 0.887. The van der Waals surface area contributed by atoms with Gasteiger partial charge in [0.05, 0.1) is 19.9 Å². The van der Waals surface area contributed by atoms with Crippen molar-refractivity contribution in [2.24, 2.45) is 5.10 Å². The Bertz CT molecular complexity index is 719. The molecule has 0 spiro atoms. The summed E-state index contributed by atoms with van der Waals surface area (Å²) >= 11 is 5.20. The van der Waals surface area contributed by atoms with Crippen molar-refractivity contribution in [2.75, 3.05) is 13.7 Å². The minimum absolute atomic E-state index is 0.222. The Kier molecular flexibility index (Phi) is 5.32. The van der Waals surface area contributed by atoms with Crippen LogP contribution in [-0.4, -0.2) is 34.8 Å². The van der Waals surface area contributed by atoms with Crippen LogP contribution in [0.5, 0.6) is 11.5 Å². The van der Waals surface area contributed by atoms with E-state index in [9.17, 15) is 0 Å². The number of aromatic nitrogens is 3. The van der Waals surface area contributed by atoms with Crippen LogP contribution in [0.25, 0.3) is 0 Å². The second-order valence-electron chi connectivity index (χ2n) is 4.94. The molecule has 118 valence electrons. The maximum Gasteiger partial charge on any atom is 0.216 e. The molecule has 6 nitrogen and oxygen atoms in total. The fourth-order valence-corrected chi connectivity index (χ4v) is 2.14. The molecular formula is C15H20N4O2S. The number of methoxy groups -OCH3 is 1. The Morgan fingerprint density at radius 1 is 1.41 bits per heavy atom. The van der Waals surface area contributed by atoms with Crippen molar-refractivity contribution in [3.05, 3.63) is 34.4 Å². The number of nitrogens with one attached hydrogen (secondary N) is 1. The highest BCUT2D eigenvalue weighted by Gasteiger charge is 2.09. The number of ether oxygens (including phenoxy) is 2. The first-order chi connectivity index (χ1) is 10.6. The minimum atomic E-state index is 0.222. The maximum absolute atomic E-state index is 5.50. The molecule has 1 heterocycles. The molecule has 22 heavy (non-hydrogen) atoms. The Hall–Kier alpha value is -2.15. The molecule has 1 N–H and O–H groups in total. The van der Waals surface area contributed by atoms with E-state index in [-0.39, 0.29) is 5.92 Å². The monoisotopic (exact) mass is 320 g/mol. The molecule has 7 heteroatoms. The first kappa shape index (κ1) is 16.2. The van der Waals surface area contributed by atoms with Crippen LogP contribution in [0, 0.1) is 4.77 Å². The summed E-state index contributed by atoms with van der Waals surface area (Å²) in [5, 5.41) is 11.4. The predicted octanol–water partition coefficient (Wildman–Crippen LogP) is 3.35. The number of H-pyrrole nitrogens is 1. The Morgan fingerprint density at radius 3 is 2.82 bits per heavy atom. The first-order valence-electron chi connectivity index (χ1n) is 7.09. The number of benzene rings is 1. The molecule has 0 bridgehead atoms. The first-order valence-corrected chi connectivity index (χ1v) is 7.50. The van der Waals surface area contributed by atoms with E-state index in [1.807, 2.05) is 39.0 Å². The highest BCUT2D eigenvalue weighted by atomic mass is 32.1. The lowest BCUT2D eigenvalue weighted by atomic mass is 10.2. The average molecular weight is 320 g/mol. The van der Waals surface area contributed by atoms with Gasteiger partial charge in [0.25, 0.3) is 0 Å². The van der Waals surface area contributed by atoms with Crippen molar-refractivity contribution in [3.63, 3.8) is 0 Å². The highest BCUT2D eigenvalue weighted by Crippen LogP contribution is 2.27. The van der Waals surface area contributed by atoms with Crippen molar-refractivity contribution in [3.8, 4) is 11.5 Å². The third-order valence-electron chi connectivity index (χ3n) is 3.00. The quantitative estimate of drug-likeness (QED) is 0.655. The van der Waals surface area contributed by atoms with E-state index in [0.717, 1.165) is 11.4 Å². The van der Waals surface area contributed by atoms with Crippen LogP contribution in [0.3, 0.4) is 0 Å². The van der Waals surface area contributed by atoms with Crippen LogP contribution in [0.15, 0.2) is 23.3 Å². The molecule has 0 saturated carbocycles. The third-order valence-corrected chi connectivity index (χ3v) is 3.27. The third kappa shape index (κ3) is 3.54. The summed E-state index contributed by atoms with van der Waals surface area (Å²) in [5.74, 6) is 2.40. The molecule has 0 amide bonds. The van der Waals surface area contributed by atoms with Gasteiger partial charge >= 0.3 is 0 Å². The van der Waals surface area contributed by atoms with Gasteiger partial charge in [0.15, 0.2) is 17.3 Å². The molecule has 0 saturated heterocycles. The van der Waals surface area contributed by atoms with Gasteiger partial charge < -0.3 is 9.47 Å². The molecule has 0 aliphatic heterocycles. The summed E-state index contributed by atoms with van der Waals surface area (Å²) in [4.78, 5) is 0. The van der Waals surface area contributed by atoms with E-state index in [1.54, 1.807) is 18.0 Å². The van der Waals surface area contributed by atoms with Gasteiger partial charge in [-0.25, -0.2) is 0 Å². The normalized spacial score (nSPS) is 11.3. The number of hydrogen-bond acceptors (Lipinski definition) is 5. The summed E-state index contributed by atoms with van der Waals surface area (Å²) in [7, 11) is 1.61. The average Bonchev–Trinajstić information content (AvgIpc) is 2.87. The standard InChI is InChI=1S/C15H20N4O2S/c1-5-21-12-7-6-11(8-13(12)20-4)9-16-19-14(10(2)3)17-18-15(19)22/h6-10H,5H2,1-4H3,(H,18,22)/b16-9+. The van der Waals surface area contributed by atoms with Crippen molar-refractivity contribution in [2.45, 2.75) is 26.7 Å². The van der Waals surface area contributed by atoms with Crippen LogP contribution < -0.4 is 9.47 Å². The second-order valence-corrected chi connectivity index (χ2v) is 5.33. The summed E-state index contributed by atoms with van der Waals surface area (Å²) in [6, 6.07) is 5.64. The number of hydrogen-bond donors (Lipinski definition) is 1. The van der Waals surface area contributed by atoms with Crippen molar-refractivity contribution in [1.29, 1.82) is 0 Å². The zero-order valence-corrected chi connectivity index (χ0v) is 14.0. The fraction of sp³-hybridized carbons (Fsp3) is 0.400. The molecule has 0 fully saturated rings. The van der Waals surface area contributed by atoms with E-state index in [2.05, 4.69) is 15.3 Å². The smallest absolute Gasteiger partial charge is 0.216 e. The van der Waals surface area contributed by atoms with E-state index in [0.29, 0.717) is 22.9 Å². The van der Waals surface area contributed by atoms with Crippen molar-refractivity contribution < 1.29 is 9.47 Å². The minimum Gasteiger partial charge on any atom is -0.493 e. The SMILES string of the molecule is CCOc1ccc(/C=N/n2c(C(C)C)n[nH]c2=S)cc1OC. The van der Waals surface area contributed by atoms with Crippen LogP contribution >= 0.6 is 12.2 Å². The number of aromatic amines is 1. The van der Waals surface area contributed by atoms with E-state index in [4.69, 9.17) is 21.7 Å². The van der Waals surface area contributed by atoms with Crippen molar-refractivity contribution in [1.82, 2.24) is 14.9 Å². The number of rotatable bonds is 6. The summed E-state index contributed by atoms with van der Waals surface area (Å²) < 4.78 is 12.9. The molecule has 2 aromatic rings. The molecule has 0 atom stereocenters. The molecule has 0 unspecified atom stereocenters. The highest BCUT2D eigenvalue weighted by molar-refractivity contribution is 7.71. The van der Waals surface area contributed by atoms with E-state index in [1.165, 1.54) is 0 Å². The van der Waals surface area contributed by atoms with Gasteiger partial charge in [0.1, 0.15) is 0 Å². The largest absolute Gasteiger partial charge is 0.493 e. The second kappa shape index (κ2) is 7.22. The van der Waals surface area contributed by atoms with Crippen LogP contribution in [-0.2, 0) is 0 Å². The van der Waals surface area contributed by atoms with E-state index >= 15 is 0 Å². The molecule has 0 aliphatic rings. The Morgan fingerprint density at radius 2 is 2.18 bits per heavy atom. The summed E-state index contributed by atoms with van der Waals surface area (Å²) in [6.45, 7) is 6.60. The van der Waals surface area contributed by atoms with Gasteiger partial charge in [-0.3, -0.25) is 5.10 Å². The molecular weight excluding hydrogens is 300 g/mol. The molecule has 0 radical (unpaired) electrons. The van der Waals surface area contributed by atoms with Crippen LogP contribution in [0.4, 0.5) is 0 Å². The number of nitrogens with zero attached hydrogens (tertiary/aromatic N) is 3. The summed E-state index contributed by atoms with van der Waals surface area (Å²) in [6.07, 6.45) is 1.72. The zero-order chi connectivity index (χ0) is 16.1. The van der Waals surface area contributed by atoms with Gasteiger partial charge in [-0.2, -0.15) is 14.9 Å². The molecule has 2 rings (SSSR count). The lowest BCUT2D eigenvalue weighted by Gasteiger charge is -2.09. The lowest BCUT2D eigenvalue weighted by Crippen LogP contribution is -2.01. The fourth-order valence-electron chi connectivity index (χ4n) is 1.95. The molecule has 0 aliphatic carbocycles. The van der Waals surface area contributed by atoms with Gasteiger partial charge in [-0.05, 0) is 42.9 Å². The van der Waals surface area contributed by atoms with Crippen LogP contribution in [0.2, 0.25) is 0 Å². The van der Waals surface area contributed by atoms with Gasteiger partial charge in [-0.15, -0.1) is 0 Å². The van der Waals surface area contributed by atoms with Crippen molar-refractivity contribution >= 4 is 18.4 Å². The Labute approximate surface area is 134 Å². The Balaban J connectivity index is 2.31. The molecule has 1 aromatic heterocycles. The predicted molar refractivity (Wildman–Crippen MR) is 88.7 cm³/mol. The van der Waals surface area contributed by atoms with E-state index < -0.39 is 0 Å². The van der Waals surface area contributed by atoms with Gasteiger partial charge in [0, 0.05) is 5.92 Å². The topological polar surface area (TPSA) is 64.4 Å². The molecule has 1 aromatic carbocycles. The van der Waals surface area contributed by atoms with Gasteiger partial charge in [0.2, 0.25) is 4.77 Å². The lowest BCUT2D eigenvalue weighted by molar-refractivity contribution is 0.311. The zero-order valence-electron chi connectivity index (χ0n) is 13.2.